The highest BCUT2D eigenvalue weighted by Crippen LogP contribution is 1.99. The Hall–Kier alpha value is -1.18. The Morgan fingerprint density at radius 3 is 2.60 bits per heavy atom. The zero-order valence-electron chi connectivity index (χ0n) is 6.26. The molecule has 0 bridgehead atoms. The third-order valence-corrected chi connectivity index (χ3v) is 1.19. The first kappa shape index (κ1) is 6.93. The normalized spacial score (nSPS) is 9.40. The van der Waals surface area contributed by atoms with E-state index in [4.69, 9.17) is 0 Å². The number of hydrogen-bond acceptors (Lipinski definition) is 2. The summed E-state index contributed by atoms with van der Waals surface area (Å²) in [5.74, 6) is 0.801. The number of aryl methyl sites for hydroxylation is 2. The average molecular weight is 134 g/mol. The van der Waals surface area contributed by atoms with E-state index in [0.29, 0.717) is 0 Å². The van der Waals surface area contributed by atoms with E-state index in [1.807, 2.05) is 19.9 Å². The molecule has 0 aliphatic rings. The molecule has 0 fully saturated rings. The predicted octanol–water partition coefficient (Wildman–Crippen LogP) is 1.74. The molecular weight excluding hydrogens is 124 g/mol. The molecule has 0 aliphatic heterocycles. The molecule has 1 heterocycles. The maximum atomic E-state index is 4.12. The Morgan fingerprint density at radius 1 is 1.40 bits per heavy atom. The summed E-state index contributed by atoms with van der Waals surface area (Å²) in [5.41, 5.74) is 1.88. The van der Waals surface area contributed by atoms with Crippen LogP contribution >= 0.6 is 0 Å². The maximum Gasteiger partial charge on any atom is 0.126 e. The predicted molar refractivity (Wildman–Crippen MR) is 41.6 cm³/mol. The van der Waals surface area contributed by atoms with E-state index < -0.39 is 0 Å². The Labute approximate surface area is 60.6 Å². The number of hydrogen-bond donors (Lipinski definition) is 0. The van der Waals surface area contributed by atoms with Crippen molar-refractivity contribution in [3.05, 3.63) is 29.9 Å². The fourth-order valence-corrected chi connectivity index (χ4v) is 0.850. The standard InChI is InChI=1S/C8H10N2/c1-4-8-5-6(2)9-7(3)10-8/h4-5H,1H2,2-3H3. The summed E-state index contributed by atoms with van der Waals surface area (Å²) in [5, 5.41) is 0. The minimum Gasteiger partial charge on any atom is -0.239 e. The molecule has 0 aromatic carbocycles. The molecule has 10 heavy (non-hydrogen) atoms. The lowest BCUT2D eigenvalue weighted by molar-refractivity contribution is 1.00. The first-order valence-corrected chi connectivity index (χ1v) is 3.17. The Morgan fingerprint density at radius 2 is 2.10 bits per heavy atom. The molecule has 52 valence electrons. The number of rotatable bonds is 1. The van der Waals surface area contributed by atoms with E-state index in [2.05, 4.69) is 16.5 Å². The fraction of sp³-hybridized carbons (Fsp3) is 0.250. The van der Waals surface area contributed by atoms with Gasteiger partial charge in [-0.1, -0.05) is 6.58 Å². The van der Waals surface area contributed by atoms with E-state index in [1.165, 1.54) is 0 Å². The van der Waals surface area contributed by atoms with Gasteiger partial charge in [0.05, 0.1) is 5.69 Å². The van der Waals surface area contributed by atoms with Crippen LogP contribution in [0, 0.1) is 13.8 Å². The highest BCUT2D eigenvalue weighted by Gasteiger charge is 1.92. The van der Waals surface area contributed by atoms with Gasteiger partial charge in [-0.15, -0.1) is 0 Å². The van der Waals surface area contributed by atoms with Gasteiger partial charge in [-0.2, -0.15) is 0 Å². The summed E-state index contributed by atoms with van der Waals surface area (Å²) >= 11 is 0. The molecular formula is C8H10N2. The van der Waals surface area contributed by atoms with Crippen LogP contribution in [0.5, 0.6) is 0 Å². The SMILES string of the molecule is C=Cc1cc(C)nc(C)n1. The van der Waals surface area contributed by atoms with Crippen LogP contribution in [0.4, 0.5) is 0 Å². The molecule has 0 atom stereocenters. The van der Waals surface area contributed by atoms with Crippen LogP contribution in [0.15, 0.2) is 12.6 Å². The monoisotopic (exact) mass is 134 g/mol. The highest BCUT2D eigenvalue weighted by molar-refractivity contribution is 5.41. The van der Waals surface area contributed by atoms with E-state index in [1.54, 1.807) is 6.08 Å². The van der Waals surface area contributed by atoms with Crippen LogP contribution in [0.25, 0.3) is 6.08 Å². The summed E-state index contributed by atoms with van der Waals surface area (Å²) in [6.45, 7) is 7.44. The van der Waals surface area contributed by atoms with Crippen LogP contribution in [-0.2, 0) is 0 Å². The Kier molecular flexibility index (Phi) is 1.81. The van der Waals surface area contributed by atoms with Crippen molar-refractivity contribution in [3.63, 3.8) is 0 Å². The molecule has 0 spiro atoms. The van der Waals surface area contributed by atoms with Gasteiger partial charge in [0.1, 0.15) is 5.82 Å². The van der Waals surface area contributed by atoms with Gasteiger partial charge in [-0.3, -0.25) is 0 Å². The molecule has 0 unspecified atom stereocenters. The molecule has 2 heteroatoms. The maximum absolute atomic E-state index is 4.12. The van der Waals surface area contributed by atoms with Crippen molar-refractivity contribution in [2.75, 3.05) is 0 Å². The summed E-state index contributed by atoms with van der Waals surface area (Å²) in [6.07, 6.45) is 1.72. The summed E-state index contributed by atoms with van der Waals surface area (Å²) in [7, 11) is 0. The quantitative estimate of drug-likeness (QED) is 0.584. The van der Waals surface area contributed by atoms with Gasteiger partial charge >= 0.3 is 0 Å². The minimum atomic E-state index is 0.801. The summed E-state index contributed by atoms with van der Waals surface area (Å²) in [6, 6.07) is 1.90. The minimum absolute atomic E-state index is 0.801. The molecule has 2 nitrogen and oxygen atoms in total. The zero-order valence-corrected chi connectivity index (χ0v) is 6.26. The van der Waals surface area contributed by atoms with Crippen molar-refractivity contribution in [2.45, 2.75) is 13.8 Å². The lowest BCUT2D eigenvalue weighted by Crippen LogP contribution is -1.92. The molecule has 1 rings (SSSR count). The first-order valence-electron chi connectivity index (χ1n) is 3.17. The van der Waals surface area contributed by atoms with E-state index >= 15 is 0 Å². The van der Waals surface area contributed by atoms with Crippen molar-refractivity contribution in [1.82, 2.24) is 9.97 Å². The van der Waals surface area contributed by atoms with Crippen LogP contribution in [-0.4, -0.2) is 9.97 Å². The van der Waals surface area contributed by atoms with Gasteiger partial charge in [-0.05, 0) is 26.0 Å². The third-order valence-electron chi connectivity index (χ3n) is 1.19. The van der Waals surface area contributed by atoms with Crippen molar-refractivity contribution >= 4 is 6.08 Å². The molecule has 1 aromatic heterocycles. The number of aromatic nitrogens is 2. The van der Waals surface area contributed by atoms with Gasteiger partial charge in [-0.25, -0.2) is 9.97 Å². The van der Waals surface area contributed by atoms with E-state index in [-0.39, 0.29) is 0 Å². The van der Waals surface area contributed by atoms with Crippen molar-refractivity contribution in [1.29, 1.82) is 0 Å². The molecule has 0 N–H and O–H groups in total. The van der Waals surface area contributed by atoms with Gasteiger partial charge in [0.15, 0.2) is 0 Å². The lowest BCUT2D eigenvalue weighted by atomic mass is 10.3. The van der Waals surface area contributed by atoms with Crippen LogP contribution < -0.4 is 0 Å². The lowest BCUT2D eigenvalue weighted by Gasteiger charge is -1.96. The van der Waals surface area contributed by atoms with Gasteiger partial charge in [0, 0.05) is 5.69 Å². The highest BCUT2D eigenvalue weighted by atomic mass is 14.9. The van der Waals surface area contributed by atoms with Crippen molar-refractivity contribution in [3.8, 4) is 0 Å². The average Bonchev–Trinajstić information content (AvgIpc) is 1.85. The number of nitrogens with zero attached hydrogens (tertiary/aromatic N) is 2. The Bertz CT molecular complexity index is 233. The van der Waals surface area contributed by atoms with Gasteiger partial charge in [0.25, 0.3) is 0 Å². The fourth-order valence-electron chi connectivity index (χ4n) is 0.850. The van der Waals surface area contributed by atoms with Gasteiger partial charge in [0.2, 0.25) is 0 Å². The molecule has 0 aliphatic carbocycles. The van der Waals surface area contributed by atoms with E-state index in [0.717, 1.165) is 17.2 Å². The van der Waals surface area contributed by atoms with Gasteiger partial charge < -0.3 is 0 Å². The van der Waals surface area contributed by atoms with Crippen LogP contribution in [0.2, 0.25) is 0 Å². The second kappa shape index (κ2) is 2.60. The van der Waals surface area contributed by atoms with E-state index in [9.17, 15) is 0 Å². The molecule has 0 radical (unpaired) electrons. The second-order valence-electron chi connectivity index (χ2n) is 2.19. The molecule has 0 amide bonds. The Balaban J connectivity index is 3.18. The molecule has 1 aromatic rings. The first-order chi connectivity index (χ1) is 4.72. The summed E-state index contributed by atoms with van der Waals surface area (Å²) < 4.78 is 0. The largest absolute Gasteiger partial charge is 0.239 e. The smallest absolute Gasteiger partial charge is 0.126 e. The van der Waals surface area contributed by atoms with Crippen molar-refractivity contribution in [2.24, 2.45) is 0 Å². The molecule has 0 saturated carbocycles. The topological polar surface area (TPSA) is 25.8 Å². The van der Waals surface area contributed by atoms with Crippen LogP contribution in [0.1, 0.15) is 17.2 Å². The summed E-state index contributed by atoms with van der Waals surface area (Å²) in [4.78, 5) is 8.25. The second-order valence-corrected chi connectivity index (χ2v) is 2.19. The van der Waals surface area contributed by atoms with Crippen molar-refractivity contribution < 1.29 is 0 Å². The zero-order chi connectivity index (χ0) is 7.56. The molecule has 0 saturated heterocycles. The third kappa shape index (κ3) is 1.41. The van der Waals surface area contributed by atoms with Crippen LogP contribution in [0.3, 0.4) is 0 Å².